The van der Waals surface area contributed by atoms with E-state index < -0.39 is 34.6 Å². The highest BCUT2D eigenvalue weighted by atomic mass is 19.1. The van der Waals surface area contributed by atoms with E-state index in [0.717, 1.165) is 30.3 Å². The Bertz CT molecular complexity index is 1410. The smallest absolute Gasteiger partial charge is 0.276 e. The van der Waals surface area contributed by atoms with E-state index in [4.69, 9.17) is 5.73 Å². The zero-order chi connectivity index (χ0) is 26.9. The Morgan fingerprint density at radius 2 is 1.92 bits per heavy atom. The molecule has 0 spiro atoms. The van der Waals surface area contributed by atoms with Gasteiger partial charge in [0.2, 0.25) is 0 Å². The van der Waals surface area contributed by atoms with E-state index in [-0.39, 0.29) is 23.1 Å². The number of halogens is 3. The molecule has 0 bridgehead atoms. The number of hydrogen-bond acceptors (Lipinski definition) is 7. The quantitative estimate of drug-likeness (QED) is 0.371. The Labute approximate surface area is 211 Å². The Morgan fingerprint density at radius 1 is 1.22 bits per heavy atom. The lowest BCUT2D eigenvalue weighted by Crippen LogP contribution is -2.30. The molecule has 1 atom stereocenters. The van der Waals surface area contributed by atoms with Gasteiger partial charge in [0.15, 0.2) is 17.5 Å². The molecule has 1 amide bonds. The van der Waals surface area contributed by atoms with Crippen molar-refractivity contribution < 1.29 is 18.0 Å². The minimum atomic E-state index is -1.02. The van der Waals surface area contributed by atoms with Crippen LogP contribution in [0.15, 0.2) is 46.3 Å². The zero-order valence-electron chi connectivity index (χ0n) is 20.3. The van der Waals surface area contributed by atoms with Crippen LogP contribution in [0, 0.1) is 24.4 Å². The fourth-order valence-corrected chi connectivity index (χ4v) is 4.47. The third-order valence-electron chi connectivity index (χ3n) is 6.16. The predicted octanol–water partition coefficient (Wildman–Crippen LogP) is 3.19. The molecule has 1 saturated heterocycles. The Hall–Kier alpha value is -4.19. The van der Waals surface area contributed by atoms with Gasteiger partial charge in [-0.2, -0.15) is 14.9 Å². The van der Waals surface area contributed by atoms with Crippen molar-refractivity contribution in [1.82, 2.24) is 9.78 Å². The van der Waals surface area contributed by atoms with Crippen LogP contribution in [0.3, 0.4) is 0 Å². The third-order valence-corrected chi connectivity index (χ3v) is 6.16. The van der Waals surface area contributed by atoms with Crippen molar-refractivity contribution in [2.75, 3.05) is 34.9 Å². The monoisotopic (exact) mass is 513 g/mol. The fraction of sp³-hybridized carbons (Fsp3) is 0.280. The highest BCUT2D eigenvalue weighted by Crippen LogP contribution is 2.40. The average Bonchev–Trinajstić information content (AvgIpc) is 3.28. The number of hydrogen-bond donors (Lipinski definition) is 2. The first-order valence-electron chi connectivity index (χ1n) is 11.6. The molecule has 4 rings (SSSR count). The van der Waals surface area contributed by atoms with Gasteiger partial charge in [0, 0.05) is 50.1 Å². The van der Waals surface area contributed by atoms with Crippen LogP contribution in [0.5, 0.6) is 0 Å². The third kappa shape index (κ3) is 4.92. The van der Waals surface area contributed by atoms with E-state index in [0.29, 0.717) is 42.0 Å². The van der Waals surface area contributed by atoms with E-state index in [1.807, 2.05) is 4.90 Å². The van der Waals surface area contributed by atoms with Crippen LogP contribution in [0.1, 0.15) is 29.4 Å². The maximum Gasteiger partial charge on any atom is 0.276 e. The van der Waals surface area contributed by atoms with Gasteiger partial charge in [-0.3, -0.25) is 14.6 Å². The molecule has 37 heavy (non-hydrogen) atoms. The van der Waals surface area contributed by atoms with Crippen molar-refractivity contribution in [1.29, 1.82) is 0 Å². The van der Waals surface area contributed by atoms with Crippen molar-refractivity contribution in [3.8, 4) is 5.69 Å². The van der Waals surface area contributed by atoms with Gasteiger partial charge < -0.3 is 16.0 Å². The molecule has 0 saturated carbocycles. The molecular weight excluding hydrogens is 487 g/mol. The van der Waals surface area contributed by atoms with Crippen molar-refractivity contribution >= 4 is 29.7 Å². The summed E-state index contributed by atoms with van der Waals surface area (Å²) in [5.41, 5.74) is 5.67. The number of hydrazone groups is 1. The van der Waals surface area contributed by atoms with Gasteiger partial charge in [-0.1, -0.05) is 6.07 Å². The van der Waals surface area contributed by atoms with Crippen LogP contribution < -0.4 is 26.5 Å². The number of carbonyl (C=O) groups excluding carboxylic acids is 1. The first-order valence-corrected chi connectivity index (χ1v) is 11.6. The average molecular weight is 514 g/mol. The molecule has 2 heterocycles. The largest absolute Gasteiger partial charge is 0.368 e. The minimum Gasteiger partial charge on any atom is -0.368 e. The molecule has 2 aromatic carbocycles. The number of nitrogens with one attached hydrogen (secondary N) is 1. The van der Waals surface area contributed by atoms with Crippen LogP contribution in [0.25, 0.3) is 5.69 Å². The zero-order valence-corrected chi connectivity index (χ0v) is 20.3. The number of nitrogens with two attached hydrogens (primary N) is 1. The number of para-hydroxylation sites is 1. The van der Waals surface area contributed by atoms with Gasteiger partial charge in [0.05, 0.1) is 11.4 Å². The van der Waals surface area contributed by atoms with Gasteiger partial charge in [0.1, 0.15) is 17.1 Å². The number of amides is 1. The van der Waals surface area contributed by atoms with Gasteiger partial charge in [-0.05, 0) is 38.5 Å². The second-order valence-corrected chi connectivity index (χ2v) is 8.57. The molecule has 1 aliphatic heterocycles. The standard InChI is InChI=1S/C25H26F3N7O2/c1-4-34(30-3)22-14(2)23(33-11-10-15(29)13-33)20(12-18(22)28)31-25(37)19-8-9-21(36)35(32-19)24-16(26)6-5-7-17(24)27/h5-9,12,15H,3-4,10-11,13,29H2,1-2H3,(H,31,37)/t15-/m1/s1. The van der Waals surface area contributed by atoms with Crippen molar-refractivity contribution in [2.45, 2.75) is 26.3 Å². The Balaban J connectivity index is 1.78. The first-order chi connectivity index (χ1) is 17.7. The fourth-order valence-electron chi connectivity index (χ4n) is 4.47. The lowest BCUT2D eigenvalue weighted by atomic mass is 10.1. The number of benzene rings is 2. The molecule has 0 unspecified atom stereocenters. The van der Waals surface area contributed by atoms with E-state index in [2.05, 4.69) is 22.2 Å². The molecule has 1 aromatic heterocycles. The van der Waals surface area contributed by atoms with E-state index >= 15 is 4.39 Å². The maximum absolute atomic E-state index is 15.3. The summed E-state index contributed by atoms with van der Waals surface area (Å²) in [5, 5.41) is 11.8. The highest BCUT2D eigenvalue weighted by molar-refractivity contribution is 6.05. The van der Waals surface area contributed by atoms with Crippen molar-refractivity contribution in [2.24, 2.45) is 10.8 Å². The maximum atomic E-state index is 15.3. The van der Waals surface area contributed by atoms with Crippen LogP contribution in [-0.2, 0) is 0 Å². The van der Waals surface area contributed by atoms with Crippen LogP contribution in [0.2, 0.25) is 0 Å². The number of nitrogens with zero attached hydrogens (tertiary/aromatic N) is 5. The summed E-state index contributed by atoms with van der Waals surface area (Å²) in [4.78, 5) is 27.4. The molecule has 12 heteroatoms. The summed E-state index contributed by atoms with van der Waals surface area (Å²) >= 11 is 0. The lowest BCUT2D eigenvalue weighted by molar-refractivity contribution is 0.102. The van der Waals surface area contributed by atoms with Crippen LogP contribution in [-0.4, -0.2) is 48.1 Å². The van der Waals surface area contributed by atoms with Crippen molar-refractivity contribution in [3.63, 3.8) is 0 Å². The molecule has 3 aromatic rings. The second-order valence-electron chi connectivity index (χ2n) is 8.57. The van der Waals surface area contributed by atoms with Gasteiger partial charge in [-0.15, -0.1) is 0 Å². The van der Waals surface area contributed by atoms with E-state index in [9.17, 15) is 18.4 Å². The molecule has 9 nitrogen and oxygen atoms in total. The van der Waals surface area contributed by atoms with Gasteiger partial charge in [-0.25, -0.2) is 13.2 Å². The van der Waals surface area contributed by atoms with Crippen LogP contribution in [0.4, 0.5) is 30.2 Å². The molecule has 194 valence electrons. The summed E-state index contributed by atoms with van der Waals surface area (Å²) < 4.78 is 44.3. The number of aromatic nitrogens is 2. The highest BCUT2D eigenvalue weighted by Gasteiger charge is 2.28. The minimum absolute atomic E-state index is 0.0999. The number of anilines is 3. The molecule has 0 aliphatic carbocycles. The topological polar surface area (TPSA) is 109 Å². The second kappa shape index (κ2) is 10.4. The molecule has 1 fully saturated rings. The summed E-state index contributed by atoms with van der Waals surface area (Å²) in [6.45, 7) is 8.45. The molecule has 1 aliphatic rings. The molecular formula is C25H26F3N7O2. The summed E-state index contributed by atoms with van der Waals surface area (Å²) in [6.07, 6.45) is 0.706. The number of rotatable bonds is 7. The predicted molar refractivity (Wildman–Crippen MR) is 136 cm³/mol. The molecule has 0 radical (unpaired) electrons. The Morgan fingerprint density at radius 3 is 2.51 bits per heavy atom. The molecule has 3 N–H and O–H groups in total. The van der Waals surface area contributed by atoms with Gasteiger partial charge in [0.25, 0.3) is 11.5 Å². The Kier molecular flexibility index (Phi) is 7.30. The number of carbonyl (C=O) groups is 1. The van der Waals surface area contributed by atoms with Gasteiger partial charge >= 0.3 is 0 Å². The summed E-state index contributed by atoms with van der Waals surface area (Å²) in [6, 6.07) is 6.24. The SMILES string of the molecule is C=NN(CC)c1c(F)cc(NC(=O)c2ccc(=O)n(-c3c(F)cccc3F)n2)c(N2CC[C@@H](N)C2)c1C. The summed E-state index contributed by atoms with van der Waals surface area (Å²) in [5.74, 6) is -3.49. The van der Waals surface area contributed by atoms with Crippen molar-refractivity contribution in [3.05, 3.63) is 75.5 Å². The van der Waals surface area contributed by atoms with E-state index in [1.165, 1.54) is 11.1 Å². The van der Waals surface area contributed by atoms with E-state index in [1.54, 1.807) is 13.8 Å². The lowest BCUT2D eigenvalue weighted by Gasteiger charge is -2.28. The normalized spacial score (nSPS) is 15.1. The summed E-state index contributed by atoms with van der Waals surface area (Å²) in [7, 11) is 0. The first kappa shape index (κ1) is 25.9. The van der Waals surface area contributed by atoms with Crippen LogP contribution >= 0.6 is 0 Å².